The third kappa shape index (κ3) is 3.44. The van der Waals surface area contributed by atoms with Crippen molar-refractivity contribution in [1.29, 1.82) is 0 Å². The van der Waals surface area contributed by atoms with Crippen molar-refractivity contribution in [3.8, 4) is 0 Å². The molecule has 1 rings (SSSR count). The maximum atomic E-state index is 11.4. The lowest BCUT2D eigenvalue weighted by Crippen LogP contribution is -2.02. The molecule has 0 aliphatic carbocycles. The van der Waals surface area contributed by atoms with Crippen molar-refractivity contribution in [2.75, 3.05) is 5.73 Å². The molecule has 0 saturated heterocycles. The number of benzene rings is 1. The Kier molecular flexibility index (Phi) is 3.46. The number of nitrogens with two attached hydrogens (primary N) is 1. The summed E-state index contributed by atoms with van der Waals surface area (Å²) in [7, 11) is 0. The number of carbonyl (C=O) groups excluding carboxylic acids is 1. The van der Waals surface area contributed by atoms with E-state index >= 15 is 0 Å². The van der Waals surface area contributed by atoms with E-state index < -0.39 is 0 Å². The van der Waals surface area contributed by atoms with E-state index in [-0.39, 0.29) is 5.78 Å². The molecule has 0 bridgehead atoms. The van der Waals surface area contributed by atoms with Crippen LogP contribution in [-0.4, -0.2) is 5.78 Å². The largest absolute Gasteiger partial charge is 0.399 e. The smallest absolute Gasteiger partial charge is 0.141 e. The Morgan fingerprint density at radius 2 is 1.93 bits per heavy atom. The molecular weight excluding hydrogens is 174 g/mol. The Morgan fingerprint density at radius 3 is 2.43 bits per heavy atom. The van der Waals surface area contributed by atoms with Gasteiger partial charge in [-0.3, -0.25) is 4.79 Å². The molecule has 0 spiro atoms. The Morgan fingerprint density at radius 1 is 1.36 bits per heavy atom. The average molecular weight is 189 g/mol. The fourth-order valence-corrected chi connectivity index (χ4v) is 1.26. The molecule has 0 aliphatic rings. The van der Waals surface area contributed by atoms with Gasteiger partial charge in [0.15, 0.2) is 0 Å². The second kappa shape index (κ2) is 4.61. The van der Waals surface area contributed by atoms with Crippen LogP contribution in [0, 0.1) is 0 Å². The highest BCUT2D eigenvalue weighted by Crippen LogP contribution is 2.08. The van der Waals surface area contributed by atoms with Crippen LogP contribution in [0.3, 0.4) is 0 Å². The first-order chi connectivity index (χ1) is 6.58. The molecule has 1 aromatic rings. The molecule has 0 atom stereocenters. The first kappa shape index (κ1) is 10.5. The maximum Gasteiger partial charge on any atom is 0.141 e. The van der Waals surface area contributed by atoms with E-state index in [1.807, 2.05) is 31.2 Å². The second-order valence-corrected chi connectivity index (χ2v) is 3.59. The lowest BCUT2D eigenvalue weighted by Gasteiger charge is -2.01. The van der Waals surface area contributed by atoms with Crippen LogP contribution in [0.1, 0.15) is 18.9 Å². The van der Waals surface area contributed by atoms with E-state index in [0.29, 0.717) is 12.8 Å². The SMILES string of the molecule is C=C(C)CC(=O)Cc1ccc(N)cc1. The summed E-state index contributed by atoms with van der Waals surface area (Å²) in [5, 5.41) is 0. The molecule has 0 heterocycles. The van der Waals surface area contributed by atoms with Crippen molar-refractivity contribution >= 4 is 11.5 Å². The van der Waals surface area contributed by atoms with Crippen molar-refractivity contribution in [2.24, 2.45) is 0 Å². The first-order valence-corrected chi connectivity index (χ1v) is 4.58. The van der Waals surface area contributed by atoms with Gasteiger partial charge in [0.2, 0.25) is 0 Å². The summed E-state index contributed by atoms with van der Waals surface area (Å²) >= 11 is 0. The van der Waals surface area contributed by atoms with Crippen LogP contribution in [-0.2, 0) is 11.2 Å². The molecule has 14 heavy (non-hydrogen) atoms. The van der Waals surface area contributed by atoms with Gasteiger partial charge in [0.05, 0.1) is 0 Å². The predicted octanol–water partition coefficient (Wildman–Crippen LogP) is 2.35. The summed E-state index contributed by atoms with van der Waals surface area (Å²) in [5.74, 6) is 0.197. The predicted molar refractivity (Wildman–Crippen MR) is 59.0 cm³/mol. The Balaban J connectivity index is 2.56. The topological polar surface area (TPSA) is 43.1 Å². The Bertz CT molecular complexity index is 338. The van der Waals surface area contributed by atoms with E-state index in [0.717, 1.165) is 16.8 Å². The first-order valence-electron chi connectivity index (χ1n) is 4.58. The molecule has 1 aromatic carbocycles. The van der Waals surface area contributed by atoms with E-state index in [4.69, 9.17) is 5.73 Å². The maximum absolute atomic E-state index is 11.4. The minimum Gasteiger partial charge on any atom is -0.399 e. The van der Waals surface area contributed by atoms with Crippen LogP contribution >= 0.6 is 0 Å². The van der Waals surface area contributed by atoms with E-state index in [1.54, 1.807) is 0 Å². The van der Waals surface area contributed by atoms with E-state index in [2.05, 4.69) is 6.58 Å². The number of nitrogen functional groups attached to an aromatic ring is 1. The number of carbonyl (C=O) groups is 1. The zero-order valence-corrected chi connectivity index (χ0v) is 8.42. The summed E-state index contributed by atoms with van der Waals surface area (Å²) in [5.41, 5.74) is 8.18. The summed E-state index contributed by atoms with van der Waals surface area (Å²) < 4.78 is 0. The molecule has 0 aromatic heterocycles. The third-order valence-corrected chi connectivity index (χ3v) is 1.88. The average Bonchev–Trinajstić information content (AvgIpc) is 2.07. The monoisotopic (exact) mass is 189 g/mol. The highest BCUT2D eigenvalue weighted by Gasteiger charge is 2.03. The second-order valence-electron chi connectivity index (χ2n) is 3.59. The number of ketones is 1. The fourth-order valence-electron chi connectivity index (χ4n) is 1.26. The zero-order chi connectivity index (χ0) is 10.6. The van der Waals surface area contributed by atoms with E-state index in [1.165, 1.54) is 0 Å². The molecule has 2 N–H and O–H groups in total. The lowest BCUT2D eigenvalue weighted by atomic mass is 10.0. The molecule has 0 aliphatic heterocycles. The van der Waals surface area contributed by atoms with Gasteiger partial charge >= 0.3 is 0 Å². The van der Waals surface area contributed by atoms with Crippen LogP contribution in [0.25, 0.3) is 0 Å². The normalized spacial score (nSPS) is 9.79. The standard InChI is InChI=1S/C12H15NO/c1-9(2)7-12(14)8-10-3-5-11(13)6-4-10/h3-6H,1,7-8,13H2,2H3. The minimum absolute atomic E-state index is 0.197. The van der Waals surface area contributed by atoms with Crippen molar-refractivity contribution in [3.63, 3.8) is 0 Å². The van der Waals surface area contributed by atoms with Crippen LogP contribution in [0.4, 0.5) is 5.69 Å². The van der Waals surface area contributed by atoms with Gasteiger partial charge in [0, 0.05) is 18.5 Å². The number of Topliss-reactive ketones (excluding diaryl/α,β-unsaturated/α-hetero) is 1. The van der Waals surface area contributed by atoms with Crippen molar-refractivity contribution in [2.45, 2.75) is 19.8 Å². The molecule has 0 amide bonds. The van der Waals surface area contributed by atoms with Gasteiger partial charge in [-0.15, -0.1) is 0 Å². The van der Waals surface area contributed by atoms with Gasteiger partial charge in [-0.05, 0) is 24.6 Å². The fraction of sp³-hybridized carbons (Fsp3) is 0.250. The van der Waals surface area contributed by atoms with Crippen molar-refractivity contribution < 1.29 is 4.79 Å². The number of hydrogen-bond acceptors (Lipinski definition) is 2. The van der Waals surface area contributed by atoms with Crippen LogP contribution in [0.15, 0.2) is 36.4 Å². The molecule has 0 saturated carbocycles. The van der Waals surface area contributed by atoms with Gasteiger partial charge in [-0.1, -0.05) is 24.3 Å². The number of anilines is 1. The van der Waals surface area contributed by atoms with Gasteiger partial charge in [0.1, 0.15) is 5.78 Å². The van der Waals surface area contributed by atoms with Gasteiger partial charge in [0.25, 0.3) is 0 Å². The molecule has 2 heteroatoms. The lowest BCUT2D eigenvalue weighted by molar-refractivity contribution is -0.117. The summed E-state index contributed by atoms with van der Waals surface area (Å²) in [6, 6.07) is 7.38. The molecule has 74 valence electrons. The number of rotatable bonds is 4. The molecule has 0 unspecified atom stereocenters. The number of hydrogen-bond donors (Lipinski definition) is 1. The summed E-state index contributed by atoms with van der Waals surface area (Å²) in [4.78, 5) is 11.4. The Hall–Kier alpha value is -1.57. The molecule has 0 radical (unpaired) electrons. The van der Waals surface area contributed by atoms with Gasteiger partial charge in [-0.2, -0.15) is 0 Å². The van der Waals surface area contributed by atoms with Crippen LogP contribution in [0.2, 0.25) is 0 Å². The molecular formula is C12H15NO. The molecule has 2 nitrogen and oxygen atoms in total. The van der Waals surface area contributed by atoms with Gasteiger partial charge < -0.3 is 5.73 Å². The third-order valence-electron chi connectivity index (χ3n) is 1.88. The summed E-state index contributed by atoms with van der Waals surface area (Å²) in [6.45, 7) is 5.57. The highest BCUT2D eigenvalue weighted by molar-refractivity contribution is 5.82. The van der Waals surface area contributed by atoms with Crippen molar-refractivity contribution in [1.82, 2.24) is 0 Å². The Labute approximate surface area is 84.4 Å². The summed E-state index contributed by atoms with van der Waals surface area (Å²) in [6.07, 6.45) is 0.928. The zero-order valence-electron chi connectivity index (χ0n) is 8.42. The van der Waals surface area contributed by atoms with Crippen LogP contribution < -0.4 is 5.73 Å². The highest BCUT2D eigenvalue weighted by atomic mass is 16.1. The van der Waals surface area contributed by atoms with Gasteiger partial charge in [-0.25, -0.2) is 0 Å². The molecule has 0 fully saturated rings. The van der Waals surface area contributed by atoms with Crippen LogP contribution in [0.5, 0.6) is 0 Å². The minimum atomic E-state index is 0.197. The van der Waals surface area contributed by atoms with E-state index in [9.17, 15) is 4.79 Å². The quantitative estimate of drug-likeness (QED) is 0.583. The van der Waals surface area contributed by atoms with Crippen molar-refractivity contribution in [3.05, 3.63) is 42.0 Å². The number of allylic oxidation sites excluding steroid dienone is 1.